The highest BCUT2D eigenvalue weighted by molar-refractivity contribution is 8.13. The molecular formula is C19H36Cl2N2OS. The first kappa shape index (κ1) is 25.1. The van der Waals surface area contributed by atoms with Crippen LogP contribution in [0.3, 0.4) is 0 Å². The van der Waals surface area contributed by atoms with E-state index in [2.05, 4.69) is 20.8 Å². The van der Waals surface area contributed by atoms with Crippen LogP contribution in [-0.2, 0) is 4.79 Å². The molecule has 148 valence electrons. The molecule has 25 heavy (non-hydrogen) atoms. The van der Waals surface area contributed by atoms with Crippen molar-refractivity contribution in [3.63, 3.8) is 0 Å². The minimum atomic E-state index is -1.03. The molecule has 0 aliphatic rings. The van der Waals surface area contributed by atoms with Crippen LogP contribution in [0, 0.1) is 0 Å². The van der Waals surface area contributed by atoms with E-state index >= 15 is 0 Å². The fourth-order valence-electron chi connectivity index (χ4n) is 2.52. The normalized spacial score (nSPS) is 12.0. The molecule has 0 aliphatic carbocycles. The number of nitrogens with zero attached hydrogens (tertiary/aromatic N) is 2. The number of thioether (sulfide) groups is 1. The molecule has 0 aliphatic heterocycles. The van der Waals surface area contributed by atoms with Crippen LogP contribution in [0.2, 0.25) is 0 Å². The van der Waals surface area contributed by atoms with Gasteiger partial charge in [-0.25, -0.2) is 0 Å². The number of carbonyl (C=O) groups excluding carboxylic acids is 1. The minimum Gasteiger partial charge on any atom is -0.289 e. The van der Waals surface area contributed by atoms with Gasteiger partial charge in [-0.3, -0.25) is 14.7 Å². The fourth-order valence-corrected chi connectivity index (χ4v) is 3.53. The Morgan fingerprint density at radius 2 is 1.48 bits per heavy atom. The zero-order chi connectivity index (χ0) is 18.9. The molecule has 0 fully saturated rings. The number of hydrogen-bond donors (Lipinski definition) is 0. The number of aliphatic imine (C=N–C) groups is 1. The Morgan fingerprint density at radius 1 is 0.920 bits per heavy atom. The standard InChI is InChI=1S/C19H36Cl2N2OS/c1-4-7-9-11-13-15-22-19(25-6-3)23(18(24)17(20)21)16-14-12-10-8-5-2/h17H,4-16H2,1-3H3. The predicted octanol–water partition coefficient (Wildman–Crippen LogP) is 6.67. The van der Waals surface area contributed by atoms with Crippen LogP contribution in [0.4, 0.5) is 0 Å². The van der Waals surface area contributed by atoms with Gasteiger partial charge in [0.1, 0.15) is 0 Å². The quantitative estimate of drug-likeness (QED) is 0.138. The highest BCUT2D eigenvalue weighted by Gasteiger charge is 2.24. The van der Waals surface area contributed by atoms with Crippen molar-refractivity contribution >= 4 is 46.0 Å². The number of rotatable bonds is 14. The first-order chi connectivity index (χ1) is 12.1. The van der Waals surface area contributed by atoms with E-state index in [9.17, 15) is 4.79 Å². The van der Waals surface area contributed by atoms with Gasteiger partial charge >= 0.3 is 0 Å². The van der Waals surface area contributed by atoms with Crippen LogP contribution in [0.25, 0.3) is 0 Å². The summed E-state index contributed by atoms with van der Waals surface area (Å²) in [6.07, 6.45) is 11.8. The second-order valence-electron chi connectivity index (χ2n) is 6.22. The summed E-state index contributed by atoms with van der Waals surface area (Å²) in [6.45, 7) is 7.91. The van der Waals surface area contributed by atoms with Crippen LogP contribution >= 0.6 is 35.0 Å². The first-order valence-electron chi connectivity index (χ1n) is 9.85. The third-order valence-corrected chi connectivity index (χ3v) is 5.22. The Balaban J connectivity index is 4.69. The number of amidine groups is 1. The zero-order valence-corrected chi connectivity index (χ0v) is 18.6. The molecule has 0 atom stereocenters. The highest BCUT2D eigenvalue weighted by atomic mass is 35.5. The van der Waals surface area contributed by atoms with Crippen molar-refractivity contribution in [3.8, 4) is 0 Å². The van der Waals surface area contributed by atoms with Gasteiger partial charge in [0.05, 0.1) is 0 Å². The van der Waals surface area contributed by atoms with E-state index < -0.39 is 4.84 Å². The third-order valence-electron chi connectivity index (χ3n) is 3.95. The van der Waals surface area contributed by atoms with E-state index in [0.29, 0.717) is 6.54 Å². The molecule has 1 amide bonds. The summed E-state index contributed by atoms with van der Waals surface area (Å²) >= 11 is 13.3. The number of hydrogen-bond acceptors (Lipinski definition) is 3. The van der Waals surface area contributed by atoms with Crippen molar-refractivity contribution in [2.24, 2.45) is 4.99 Å². The summed E-state index contributed by atoms with van der Waals surface area (Å²) < 4.78 is 0. The van der Waals surface area contributed by atoms with E-state index in [1.807, 2.05) is 0 Å². The predicted molar refractivity (Wildman–Crippen MR) is 115 cm³/mol. The average Bonchev–Trinajstić information content (AvgIpc) is 2.60. The summed E-state index contributed by atoms with van der Waals surface area (Å²) in [5, 5.41) is 0.782. The number of unbranched alkanes of at least 4 members (excludes halogenated alkanes) is 8. The van der Waals surface area contributed by atoms with Gasteiger partial charge in [-0.2, -0.15) is 0 Å². The van der Waals surface area contributed by atoms with Gasteiger partial charge in [0.15, 0.2) is 10.0 Å². The topological polar surface area (TPSA) is 32.7 Å². The summed E-state index contributed by atoms with van der Waals surface area (Å²) in [7, 11) is 0. The van der Waals surface area contributed by atoms with Crippen molar-refractivity contribution in [1.82, 2.24) is 4.90 Å². The van der Waals surface area contributed by atoms with Gasteiger partial charge in [-0.1, -0.05) is 107 Å². The molecule has 0 spiro atoms. The molecule has 0 radical (unpaired) electrons. The lowest BCUT2D eigenvalue weighted by Crippen LogP contribution is -2.39. The molecule has 0 saturated carbocycles. The second-order valence-corrected chi connectivity index (χ2v) is 8.54. The monoisotopic (exact) mass is 410 g/mol. The number of alkyl halides is 2. The molecule has 0 bridgehead atoms. The Bertz CT molecular complexity index is 365. The van der Waals surface area contributed by atoms with E-state index in [4.69, 9.17) is 28.2 Å². The molecule has 0 aromatic carbocycles. The lowest BCUT2D eigenvalue weighted by molar-refractivity contribution is -0.125. The van der Waals surface area contributed by atoms with Crippen molar-refractivity contribution in [1.29, 1.82) is 0 Å². The molecule has 0 heterocycles. The molecule has 0 saturated heterocycles. The number of amides is 1. The minimum absolute atomic E-state index is 0.246. The lowest BCUT2D eigenvalue weighted by Gasteiger charge is -2.24. The van der Waals surface area contributed by atoms with E-state index in [0.717, 1.165) is 36.7 Å². The summed E-state index contributed by atoms with van der Waals surface area (Å²) in [4.78, 5) is 17.8. The smallest absolute Gasteiger partial charge is 0.261 e. The van der Waals surface area contributed by atoms with Crippen molar-refractivity contribution < 1.29 is 4.79 Å². The molecule has 0 rings (SSSR count). The van der Waals surface area contributed by atoms with Gasteiger partial charge in [-0.05, 0) is 18.6 Å². The molecule has 0 unspecified atom stereocenters. The summed E-state index contributed by atoms with van der Waals surface area (Å²) in [5.41, 5.74) is 0. The SMILES string of the molecule is CCCCCCCN=C(SCC)N(CCCCCCC)C(=O)C(Cl)Cl. The number of carbonyl (C=O) groups is 1. The largest absolute Gasteiger partial charge is 0.289 e. The first-order valence-corrected chi connectivity index (χ1v) is 11.7. The second kappa shape index (κ2) is 17.5. The maximum absolute atomic E-state index is 12.4. The van der Waals surface area contributed by atoms with Crippen LogP contribution in [0.1, 0.15) is 85.0 Å². The van der Waals surface area contributed by atoms with Crippen molar-refractivity contribution in [2.45, 2.75) is 89.8 Å². The average molecular weight is 411 g/mol. The summed E-state index contributed by atoms with van der Waals surface area (Å²) in [5.74, 6) is 0.633. The third kappa shape index (κ3) is 13.0. The Morgan fingerprint density at radius 3 is 2.00 bits per heavy atom. The fraction of sp³-hybridized carbons (Fsp3) is 0.895. The van der Waals surface area contributed by atoms with Crippen molar-refractivity contribution in [2.75, 3.05) is 18.8 Å². The Kier molecular flexibility index (Phi) is 17.5. The van der Waals surface area contributed by atoms with E-state index in [1.165, 1.54) is 44.9 Å². The summed E-state index contributed by atoms with van der Waals surface area (Å²) in [6, 6.07) is 0. The van der Waals surface area contributed by atoms with Crippen LogP contribution in [0.5, 0.6) is 0 Å². The zero-order valence-electron chi connectivity index (χ0n) is 16.2. The van der Waals surface area contributed by atoms with Gasteiger partial charge in [-0.15, -0.1) is 0 Å². The Labute approximate surface area is 169 Å². The molecule has 3 nitrogen and oxygen atoms in total. The Hall–Kier alpha value is 0.0700. The van der Waals surface area contributed by atoms with Crippen LogP contribution in [0.15, 0.2) is 4.99 Å². The maximum Gasteiger partial charge on any atom is 0.261 e. The van der Waals surface area contributed by atoms with Crippen molar-refractivity contribution in [3.05, 3.63) is 0 Å². The number of halogens is 2. The van der Waals surface area contributed by atoms with Crippen LogP contribution in [-0.4, -0.2) is 39.7 Å². The van der Waals surface area contributed by atoms with E-state index in [1.54, 1.807) is 16.7 Å². The molecule has 0 aromatic heterocycles. The molecular weight excluding hydrogens is 375 g/mol. The maximum atomic E-state index is 12.4. The lowest BCUT2D eigenvalue weighted by atomic mass is 10.1. The van der Waals surface area contributed by atoms with Gasteiger partial charge in [0, 0.05) is 13.1 Å². The van der Waals surface area contributed by atoms with Crippen LogP contribution < -0.4 is 0 Å². The van der Waals surface area contributed by atoms with Gasteiger partial charge in [0.25, 0.3) is 5.91 Å². The van der Waals surface area contributed by atoms with E-state index in [-0.39, 0.29) is 5.91 Å². The highest BCUT2D eigenvalue weighted by Crippen LogP contribution is 2.17. The molecule has 6 heteroatoms. The van der Waals surface area contributed by atoms with Gasteiger partial charge in [0.2, 0.25) is 0 Å². The molecule has 0 N–H and O–H groups in total. The molecule has 0 aromatic rings. The van der Waals surface area contributed by atoms with Gasteiger partial charge < -0.3 is 0 Å².